The molecule has 5 heteroatoms. The van der Waals surface area contributed by atoms with Crippen LogP contribution in [0.4, 0.5) is 0 Å². The van der Waals surface area contributed by atoms with Gasteiger partial charge in [-0.2, -0.15) is 0 Å². The van der Waals surface area contributed by atoms with Crippen molar-refractivity contribution in [2.24, 2.45) is 0 Å². The van der Waals surface area contributed by atoms with E-state index in [4.69, 9.17) is 0 Å². The summed E-state index contributed by atoms with van der Waals surface area (Å²) in [6.45, 7) is 1.82. The summed E-state index contributed by atoms with van der Waals surface area (Å²) < 4.78 is 0.613. The molecule has 0 amide bonds. The Labute approximate surface area is 123 Å². The number of nitrogens with one attached hydrogen (secondary N) is 1. The fourth-order valence-corrected chi connectivity index (χ4v) is 2.15. The number of nitrogens with zero attached hydrogens (tertiary/aromatic N) is 2. The minimum absolute atomic E-state index is 0.127. The van der Waals surface area contributed by atoms with Gasteiger partial charge in [0, 0.05) is 5.39 Å². The fourth-order valence-electron chi connectivity index (χ4n) is 1.89. The van der Waals surface area contributed by atoms with Crippen molar-refractivity contribution in [1.29, 1.82) is 0 Å². The Hall–Kier alpha value is -1.76. The maximum Gasteiger partial charge on any atom is 0.264 e. The van der Waals surface area contributed by atoms with Gasteiger partial charge >= 0.3 is 0 Å². The number of rotatable bonds is 1. The van der Waals surface area contributed by atoms with Gasteiger partial charge in [-0.3, -0.25) is 4.79 Å². The number of fused-ring (bicyclic) bond motifs is 1. The number of H-pyrrole nitrogens is 1. The zero-order valence-electron chi connectivity index (χ0n) is 10.1. The van der Waals surface area contributed by atoms with Crippen molar-refractivity contribution in [2.75, 3.05) is 0 Å². The average Bonchev–Trinajstić information content (AvgIpc) is 2.43. The number of pyridine rings is 1. The second kappa shape index (κ2) is 4.73. The van der Waals surface area contributed by atoms with E-state index in [1.807, 2.05) is 65.9 Å². The minimum atomic E-state index is -0.127. The molecule has 4 nitrogen and oxygen atoms in total. The summed E-state index contributed by atoms with van der Waals surface area (Å²) in [7, 11) is 0. The van der Waals surface area contributed by atoms with Gasteiger partial charge in [-0.25, -0.2) is 9.97 Å². The molecule has 0 fully saturated rings. The maximum absolute atomic E-state index is 11.8. The monoisotopic (exact) mass is 363 g/mol. The number of hydrogen-bond donors (Lipinski definition) is 1. The average molecular weight is 363 g/mol. The lowest BCUT2D eigenvalue weighted by Crippen LogP contribution is -2.14. The van der Waals surface area contributed by atoms with Crippen LogP contribution in [-0.4, -0.2) is 15.0 Å². The van der Waals surface area contributed by atoms with Crippen LogP contribution in [0.1, 0.15) is 5.69 Å². The molecule has 19 heavy (non-hydrogen) atoms. The van der Waals surface area contributed by atoms with E-state index in [-0.39, 0.29) is 5.56 Å². The second-order valence-corrected chi connectivity index (χ2v) is 5.28. The van der Waals surface area contributed by atoms with Gasteiger partial charge in [0.2, 0.25) is 0 Å². The number of aromatic amines is 1. The first-order valence-corrected chi connectivity index (χ1v) is 6.85. The Morgan fingerprint density at radius 2 is 1.89 bits per heavy atom. The van der Waals surface area contributed by atoms with E-state index in [1.54, 1.807) is 0 Å². The highest BCUT2D eigenvalue weighted by Crippen LogP contribution is 2.18. The molecule has 1 aromatic carbocycles. The van der Waals surface area contributed by atoms with Crippen molar-refractivity contribution in [3.63, 3.8) is 0 Å². The van der Waals surface area contributed by atoms with Gasteiger partial charge in [-0.15, -0.1) is 0 Å². The standard InChI is InChI=1S/C14H10IN3O/c1-8-12(15)14(19)18-13(16-8)11-7-6-9-4-2-3-5-10(9)17-11/h2-7H,1H3,(H,16,18,19). The summed E-state index contributed by atoms with van der Waals surface area (Å²) in [6.07, 6.45) is 0. The van der Waals surface area contributed by atoms with E-state index in [9.17, 15) is 4.79 Å². The molecule has 0 saturated carbocycles. The first-order valence-electron chi connectivity index (χ1n) is 5.78. The van der Waals surface area contributed by atoms with Crippen LogP contribution in [0.15, 0.2) is 41.2 Å². The Kier molecular flexibility index (Phi) is 3.06. The van der Waals surface area contributed by atoms with Crippen molar-refractivity contribution in [1.82, 2.24) is 15.0 Å². The van der Waals surface area contributed by atoms with Crippen molar-refractivity contribution < 1.29 is 0 Å². The van der Waals surface area contributed by atoms with Gasteiger partial charge < -0.3 is 4.98 Å². The van der Waals surface area contributed by atoms with Gasteiger partial charge in [0.25, 0.3) is 5.56 Å². The third-order valence-corrected chi connectivity index (χ3v) is 4.14. The highest BCUT2D eigenvalue weighted by molar-refractivity contribution is 14.1. The van der Waals surface area contributed by atoms with E-state index in [0.29, 0.717) is 20.8 Å². The molecule has 0 radical (unpaired) electrons. The smallest absolute Gasteiger partial charge is 0.264 e. The number of aryl methyl sites for hydroxylation is 1. The van der Waals surface area contributed by atoms with Gasteiger partial charge in [0.15, 0.2) is 5.82 Å². The molecule has 2 aromatic heterocycles. The zero-order valence-corrected chi connectivity index (χ0v) is 12.3. The number of para-hydroxylation sites is 1. The van der Waals surface area contributed by atoms with Crippen LogP contribution in [0, 0.1) is 10.5 Å². The summed E-state index contributed by atoms with van der Waals surface area (Å²) in [5, 5.41) is 1.07. The van der Waals surface area contributed by atoms with Crippen molar-refractivity contribution in [2.45, 2.75) is 6.92 Å². The predicted molar refractivity (Wildman–Crippen MR) is 83.0 cm³/mol. The lowest BCUT2D eigenvalue weighted by Gasteiger charge is -2.04. The number of hydrogen-bond acceptors (Lipinski definition) is 3. The summed E-state index contributed by atoms with van der Waals surface area (Å²) in [5.74, 6) is 0.508. The lowest BCUT2D eigenvalue weighted by atomic mass is 10.2. The Morgan fingerprint density at radius 1 is 1.11 bits per heavy atom. The van der Waals surface area contributed by atoms with Crippen molar-refractivity contribution in [3.05, 3.63) is 56.0 Å². The summed E-state index contributed by atoms with van der Waals surface area (Å²) in [4.78, 5) is 23.4. The molecule has 1 N–H and O–H groups in total. The third kappa shape index (κ3) is 2.25. The Bertz CT molecular complexity index is 826. The molecule has 0 unspecified atom stereocenters. The zero-order chi connectivity index (χ0) is 13.4. The quantitative estimate of drug-likeness (QED) is 0.677. The Morgan fingerprint density at radius 3 is 2.68 bits per heavy atom. The highest BCUT2D eigenvalue weighted by atomic mass is 127. The van der Waals surface area contributed by atoms with Crippen LogP contribution in [0.5, 0.6) is 0 Å². The third-order valence-electron chi connectivity index (χ3n) is 2.87. The summed E-state index contributed by atoms with van der Waals surface area (Å²) in [5.41, 5.74) is 2.15. The largest absolute Gasteiger partial charge is 0.304 e. The molecular formula is C14H10IN3O. The van der Waals surface area contributed by atoms with Gasteiger partial charge in [-0.1, -0.05) is 24.3 Å². The predicted octanol–water partition coefficient (Wildman–Crippen LogP) is 2.90. The molecule has 0 aliphatic rings. The van der Waals surface area contributed by atoms with E-state index in [0.717, 1.165) is 10.9 Å². The molecule has 0 spiro atoms. The highest BCUT2D eigenvalue weighted by Gasteiger charge is 2.08. The van der Waals surface area contributed by atoms with Crippen LogP contribution in [0.25, 0.3) is 22.4 Å². The minimum Gasteiger partial charge on any atom is -0.304 e. The lowest BCUT2D eigenvalue weighted by molar-refractivity contribution is 1.04. The van der Waals surface area contributed by atoms with Crippen molar-refractivity contribution >= 4 is 33.5 Å². The molecule has 0 bridgehead atoms. The molecule has 3 aromatic rings. The molecule has 0 aliphatic carbocycles. The molecule has 3 rings (SSSR count). The first-order chi connectivity index (χ1) is 9.15. The number of aromatic nitrogens is 3. The molecule has 0 atom stereocenters. The molecular weight excluding hydrogens is 353 g/mol. The van der Waals surface area contributed by atoms with Crippen LogP contribution in [-0.2, 0) is 0 Å². The van der Waals surface area contributed by atoms with Crippen LogP contribution >= 0.6 is 22.6 Å². The first kappa shape index (κ1) is 12.3. The normalized spacial score (nSPS) is 10.8. The molecule has 2 heterocycles. The van der Waals surface area contributed by atoms with Gasteiger partial charge in [-0.05, 0) is 41.6 Å². The van der Waals surface area contributed by atoms with Crippen LogP contribution < -0.4 is 5.56 Å². The van der Waals surface area contributed by atoms with E-state index < -0.39 is 0 Å². The SMILES string of the molecule is Cc1nc(-c2ccc3ccccc3n2)[nH]c(=O)c1I. The molecule has 0 aliphatic heterocycles. The van der Waals surface area contributed by atoms with Gasteiger partial charge in [0.1, 0.15) is 5.69 Å². The number of benzene rings is 1. The van der Waals surface area contributed by atoms with E-state index in [1.165, 1.54) is 0 Å². The van der Waals surface area contributed by atoms with E-state index >= 15 is 0 Å². The Balaban J connectivity index is 2.22. The molecule has 0 saturated heterocycles. The van der Waals surface area contributed by atoms with Crippen LogP contribution in [0.3, 0.4) is 0 Å². The van der Waals surface area contributed by atoms with Crippen molar-refractivity contribution in [3.8, 4) is 11.5 Å². The fraction of sp³-hybridized carbons (Fsp3) is 0.0714. The maximum atomic E-state index is 11.8. The topological polar surface area (TPSA) is 58.6 Å². The summed E-state index contributed by atoms with van der Waals surface area (Å²) >= 11 is 1.99. The number of halogens is 1. The van der Waals surface area contributed by atoms with E-state index in [2.05, 4.69) is 15.0 Å². The molecule has 94 valence electrons. The van der Waals surface area contributed by atoms with Gasteiger partial charge in [0.05, 0.1) is 14.8 Å². The summed E-state index contributed by atoms with van der Waals surface area (Å²) in [6, 6.07) is 11.7. The second-order valence-electron chi connectivity index (χ2n) is 4.20. The van der Waals surface area contributed by atoms with Crippen LogP contribution in [0.2, 0.25) is 0 Å².